The summed E-state index contributed by atoms with van der Waals surface area (Å²) in [6, 6.07) is 0. The van der Waals surface area contributed by atoms with Crippen molar-refractivity contribution in [3.05, 3.63) is 24.3 Å². The number of thioether (sulfide) groups is 3. The lowest BCUT2D eigenvalue weighted by atomic mass is 10.2. The fraction of sp³-hybridized carbons (Fsp3) is 0.778. The lowest BCUT2D eigenvalue weighted by Crippen LogP contribution is -2.34. The van der Waals surface area contributed by atoms with Crippen molar-refractivity contribution >= 4 is 35.3 Å². The average molecular weight is 347 g/mol. The normalized spacial score (nSPS) is 23.0. The Hall–Kier alpha value is 0.530. The summed E-state index contributed by atoms with van der Waals surface area (Å²) in [5, 5.41) is 0. The van der Waals surface area contributed by atoms with Crippen LogP contribution in [0.1, 0.15) is 74.7 Å². The van der Waals surface area contributed by atoms with Crippen LogP contribution in [0, 0.1) is 0 Å². The third-order valence-electron chi connectivity index (χ3n) is 2.61. The van der Waals surface area contributed by atoms with Gasteiger partial charge in [-0.15, -0.1) is 35.3 Å². The molecular formula is C18H34S3. The summed E-state index contributed by atoms with van der Waals surface area (Å²) < 4.78 is 1.08. The van der Waals surface area contributed by atoms with Gasteiger partial charge in [-0.1, -0.05) is 31.2 Å². The number of hydrogen-bond acceptors (Lipinski definition) is 3. The zero-order valence-electron chi connectivity index (χ0n) is 15.2. The fourth-order valence-corrected chi connectivity index (χ4v) is 10.8. The van der Waals surface area contributed by atoms with E-state index in [0.717, 1.165) is 6.42 Å². The molecule has 0 bridgehead atoms. The molecule has 0 amide bonds. The van der Waals surface area contributed by atoms with Crippen molar-refractivity contribution in [2.75, 3.05) is 0 Å². The maximum atomic E-state index is 2.32. The Bertz CT molecular complexity index is 293. The van der Waals surface area contributed by atoms with Crippen LogP contribution in [-0.4, -0.2) is 12.2 Å². The van der Waals surface area contributed by atoms with Gasteiger partial charge in [-0.05, 0) is 67.7 Å². The van der Waals surface area contributed by atoms with Crippen LogP contribution in [0.2, 0.25) is 0 Å². The van der Waals surface area contributed by atoms with Gasteiger partial charge in [0.25, 0.3) is 0 Å². The van der Waals surface area contributed by atoms with Crippen LogP contribution >= 0.6 is 35.3 Å². The van der Waals surface area contributed by atoms with E-state index in [-0.39, 0.29) is 0 Å². The van der Waals surface area contributed by atoms with E-state index in [1.54, 1.807) is 0 Å². The monoisotopic (exact) mass is 346 g/mol. The van der Waals surface area contributed by atoms with Crippen LogP contribution < -0.4 is 0 Å². The molecule has 1 saturated heterocycles. The number of hydrogen-bond donors (Lipinski definition) is 0. The Labute approximate surface area is 146 Å². The van der Waals surface area contributed by atoms with E-state index in [0.29, 0.717) is 12.2 Å². The zero-order valence-corrected chi connectivity index (χ0v) is 17.6. The maximum Gasteiger partial charge on any atom is 0.0582 e. The van der Waals surface area contributed by atoms with E-state index in [1.807, 2.05) is 0 Å². The van der Waals surface area contributed by atoms with Gasteiger partial charge in [-0.3, -0.25) is 0 Å². The molecule has 0 saturated carbocycles. The van der Waals surface area contributed by atoms with Gasteiger partial charge in [-0.2, -0.15) is 0 Å². The highest BCUT2D eigenvalue weighted by atomic mass is 32.3. The second-order valence-corrected chi connectivity index (χ2v) is 14.0. The maximum absolute atomic E-state index is 2.32. The summed E-state index contributed by atoms with van der Waals surface area (Å²) in [6.07, 6.45) is 12.3. The summed E-state index contributed by atoms with van der Waals surface area (Å²) in [4.78, 5) is 0. The molecule has 1 aliphatic heterocycles. The van der Waals surface area contributed by atoms with E-state index < -0.39 is 0 Å². The molecule has 124 valence electrons. The van der Waals surface area contributed by atoms with Gasteiger partial charge in [0.2, 0.25) is 0 Å². The van der Waals surface area contributed by atoms with Crippen molar-refractivity contribution < 1.29 is 0 Å². The molecule has 0 aromatic carbocycles. The van der Waals surface area contributed by atoms with E-state index in [4.69, 9.17) is 0 Å². The molecule has 0 nitrogen and oxygen atoms in total. The first-order chi connectivity index (χ1) is 9.54. The predicted octanol–water partition coefficient (Wildman–Crippen LogP) is 7.72. The van der Waals surface area contributed by atoms with Gasteiger partial charge in [0.05, 0.1) is 12.2 Å². The minimum absolute atomic E-state index is 0.359. The minimum Gasteiger partial charge on any atom is -0.128 e. The van der Waals surface area contributed by atoms with E-state index >= 15 is 0 Å². The van der Waals surface area contributed by atoms with E-state index in [9.17, 15) is 0 Å². The Kier molecular flexibility index (Phi) is 9.86. The Morgan fingerprint density at radius 1 is 0.667 bits per heavy atom. The first kappa shape index (κ1) is 21.5. The Morgan fingerprint density at radius 2 is 1.05 bits per heavy atom. The molecule has 1 aliphatic rings. The van der Waals surface area contributed by atoms with Gasteiger partial charge in [0.15, 0.2) is 0 Å². The molecular weight excluding hydrogens is 312 g/mol. The molecule has 0 aliphatic carbocycles. The Balaban J connectivity index is 0.000000400. The standard InChI is InChI=1S/C9H18S3.C9H16/c1-7(2)10-8(3,4)12-9(5,6)11-7;1-3-5-7-9-8-6-4-2/h1-6H3;3,5-6,8H,4,7,9H2,1-2H3. The van der Waals surface area contributed by atoms with Crippen LogP contribution in [0.5, 0.6) is 0 Å². The molecule has 0 unspecified atom stereocenters. The van der Waals surface area contributed by atoms with Crippen molar-refractivity contribution in [1.82, 2.24) is 0 Å². The van der Waals surface area contributed by atoms with Crippen molar-refractivity contribution in [2.24, 2.45) is 0 Å². The van der Waals surface area contributed by atoms with Crippen LogP contribution in [0.3, 0.4) is 0 Å². The topological polar surface area (TPSA) is 0 Å². The summed E-state index contributed by atoms with van der Waals surface area (Å²) >= 11 is 6.22. The predicted molar refractivity (Wildman–Crippen MR) is 108 cm³/mol. The fourth-order valence-electron chi connectivity index (χ4n) is 2.48. The highest BCUT2D eigenvalue weighted by molar-refractivity contribution is 8.35. The smallest absolute Gasteiger partial charge is 0.0582 e. The third-order valence-corrected chi connectivity index (χ3v) is 7.06. The van der Waals surface area contributed by atoms with Crippen LogP contribution in [0.25, 0.3) is 0 Å². The average Bonchev–Trinajstić information content (AvgIpc) is 2.23. The molecule has 0 spiro atoms. The van der Waals surface area contributed by atoms with E-state index in [1.165, 1.54) is 12.8 Å². The molecule has 0 atom stereocenters. The van der Waals surface area contributed by atoms with Crippen molar-refractivity contribution in [3.63, 3.8) is 0 Å². The van der Waals surface area contributed by atoms with Crippen LogP contribution in [0.4, 0.5) is 0 Å². The van der Waals surface area contributed by atoms with Gasteiger partial charge >= 0.3 is 0 Å². The van der Waals surface area contributed by atoms with Gasteiger partial charge in [0.1, 0.15) is 0 Å². The third kappa shape index (κ3) is 11.7. The van der Waals surface area contributed by atoms with Gasteiger partial charge < -0.3 is 0 Å². The highest BCUT2D eigenvalue weighted by Crippen LogP contribution is 2.63. The van der Waals surface area contributed by atoms with Crippen molar-refractivity contribution in [3.8, 4) is 0 Å². The second-order valence-electron chi connectivity index (χ2n) is 6.53. The van der Waals surface area contributed by atoms with Gasteiger partial charge in [-0.25, -0.2) is 0 Å². The SMILES string of the molecule is CC1(C)SC(C)(C)SC(C)(C)S1.CC=CCCC=CCC. The zero-order chi connectivity index (χ0) is 16.6. The second kappa shape index (κ2) is 9.62. The van der Waals surface area contributed by atoms with Crippen molar-refractivity contribution in [2.45, 2.75) is 86.9 Å². The van der Waals surface area contributed by atoms with Crippen molar-refractivity contribution in [1.29, 1.82) is 0 Å². The summed E-state index contributed by atoms with van der Waals surface area (Å²) in [5.74, 6) is 0. The molecule has 0 radical (unpaired) electrons. The molecule has 0 N–H and O–H groups in total. The molecule has 21 heavy (non-hydrogen) atoms. The number of allylic oxidation sites excluding steroid dienone is 4. The summed E-state index contributed by atoms with van der Waals surface area (Å²) in [5.41, 5.74) is 0. The first-order valence-electron chi connectivity index (χ1n) is 7.90. The van der Waals surface area contributed by atoms with Crippen LogP contribution in [-0.2, 0) is 0 Å². The summed E-state index contributed by atoms with van der Waals surface area (Å²) in [6.45, 7) is 18.2. The molecule has 0 aromatic heterocycles. The van der Waals surface area contributed by atoms with Crippen LogP contribution in [0.15, 0.2) is 24.3 Å². The lowest BCUT2D eigenvalue weighted by Gasteiger charge is -2.47. The van der Waals surface area contributed by atoms with Gasteiger partial charge in [0, 0.05) is 0 Å². The highest BCUT2D eigenvalue weighted by Gasteiger charge is 2.44. The lowest BCUT2D eigenvalue weighted by molar-refractivity contribution is 0.894. The van der Waals surface area contributed by atoms with E-state index in [2.05, 4.69) is 115 Å². The Morgan fingerprint density at radius 3 is 1.38 bits per heavy atom. The molecule has 1 fully saturated rings. The first-order valence-corrected chi connectivity index (χ1v) is 10.4. The molecule has 1 rings (SSSR count). The minimum atomic E-state index is 0.359. The molecule has 3 heteroatoms. The largest absolute Gasteiger partial charge is 0.128 e. The number of unbranched alkanes of at least 4 members (excludes halogenated alkanes) is 1. The summed E-state index contributed by atoms with van der Waals surface area (Å²) in [7, 11) is 0. The number of rotatable bonds is 4. The molecule has 0 aromatic rings. The molecule has 1 heterocycles. The quantitative estimate of drug-likeness (QED) is 0.378.